The molecule has 2 rings (SSSR count). The lowest BCUT2D eigenvalue weighted by molar-refractivity contribution is -0.0521. The second kappa shape index (κ2) is 7.92. The molecule has 1 atom stereocenters. The van der Waals surface area contributed by atoms with Crippen molar-refractivity contribution in [1.29, 1.82) is 0 Å². The summed E-state index contributed by atoms with van der Waals surface area (Å²) in [4.78, 5) is 11.9. The first kappa shape index (κ1) is 17.9. The van der Waals surface area contributed by atoms with E-state index in [2.05, 4.69) is 15.4 Å². The Balaban J connectivity index is 1.96. The van der Waals surface area contributed by atoms with Gasteiger partial charge in [0.05, 0.1) is 6.04 Å². The van der Waals surface area contributed by atoms with Gasteiger partial charge in [0.15, 0.2) is 11.6 Å². The lowest BCUT2D eigenvalue weighted by Gasteiger charge is -2.15. The van der Waals surface area contributed by atoms with Gasteiger partial charge in [-0.1, -0.05) is 23.7 Å². The molecule has 2 aromatic carbocycles. The average Bonchev–Trinajstić information content (AvgIpc) is 2.50. The summed E-state index contributed by atoms with van der Waals surface area (Å²) in [5.41, 5.74) is 0.941. The van der Waals surface area contributed by atoms with E-state index >= 15 is 0 Å². The molecule has 8 heteroatoms. The maximum atomic E-state index is 13.6. The number of rotatable bonds is 5. The van der Waals surface area contributed by atoms with Crippen LogP contribution in [0.1, 0.15) is 18.5 Å². The molecule has 0 saturated heterocycles. The van der Waals surface area contributed by atoms with Crippen LogP contribution in [0, 0.1) is 5.82 Å². The number of amides is 2. The molecule has 0 aromatic heterocycles. The van der Waals surface area contributed by atoms with Crippen LogP contribution in [0.4, 0.5) is 23.7 Å². The van der Waals surface area contributed by atoms with E-state index in [-0.39, 0.29) is 11.7 Å². The predicted molar refractivity (Wildman–Crippen MR) is 85.1 cm³/mol. The lowest BCUT2D eigenvalue weighted by atomic mass is 10.1. The number of anilines is 1. The van der Waals surface area contributed by atoms with Crippen molar-refractivity contribution >= 4 is 23.3 Å². The van der Waals surface area contributed by atoms with Gasteiger partial charge in [0, 0.05) is 16.8 Å². The van der Waals surface area contributed by atoms with E-state index in [1.807, 2.05) is 0 Å². The van der Waals surface area contributed by atoms with Crippen molar-refractivity contribution in [2.45, 2.75) is 19.6 Å². The summed E-state index contributed by atoms with van der Waals surface area (Å²) < 4.78 is 41.7. The molecule has 2 N–H and O–H groups in total. The van der Waals surface area contributed by atoms with Crippen molar-refractivity contribution in [1.82, 2.24) is 5.32 Å². The Hall–Kier alpha value is -2.41. The van der Waals surface area contributed by atoms with Crippen LogP contribution in [0.5, 0.6) is 5.75 Å². The third-order valence-electron chi connectivity index (χ3n) is 3.12. The number of urea groups is 1. The molecule has 0 spiro atoms. The smallest absolute Gasteiger partial charge is 0.387 e. The van der Waals surface area contributed by atoms with E-state index < -0.39 is 24.2 Å². The van der Waals surface area contributed by atoms with Crippen LogP contribution in [0.15, 0.2) is 42.5 Å². The van der Waals surface area contributed by atoms with Gasteiger partial charge in [0.1, 0.15) is 0 Å². The van der Waals surface area contributed by atoms with E-state index in [1.165, 1.54) is 6.07 Å². The zero-order chi connectivity index (χ0) is 17.7. The minimum atomic E-state index is -3.12. The van der Waals surface area contributed by atoms with E-state index in [9.17, 15) is 18.0 Å². The molecule has 0 radical (unpaired) electrons. The molecule has 1 unspecified atom stereocenters. The third-order valence-corrected chi connectivity index (χ3v) is 3.38. The Morgan fingerprint density at radius 3 is 2.42 bits per heavy atom. The van der Waals surface area contributed by atoms with Gasteiger partial charge < -0.3 is 15.4 Å². The van der Waals surface area contributed by atoms with Gasteiger partial charge in [-0.05, 0) is 36.8 Å². The fraction of sp³-hybridized carbons (Fsp3) is 0.188. The number of hydrogen-bond donors (Lipinski definition) is 2. The highest BCUT2D eigenvalue weighted by Crippen LogP contribution is 2.23. The molecule has 128 valence electrons. The first-order valence-electron chi connectivity index (χ1n) is 6.92. The predicted octanol–water partition coefficient (Wildman–Crippen LogP) is 4.96. The van der Waals surface area contributed by atoms with Crippen LogP contribution in [0.3, 0.4) is 0 Å². The number of benzene rings is 2. The molecule has 0 aliphatic rings. The van der Waals surface area contributed by atoms with Gasteiger partial charge in [-0.2, -0.15) is 8.78 Å². The Morgan fingerprint density at radius 1 is 1.17 bits per heavy atom. The van der Waals surface area contributed by atoms with Crippen LogP contribution >= 0.6 is 11.6 Å². The fourth-order valence-corrected chi connectivity index (χ4v) is 2.09. The SMILES string of the molecule is CC(NC(=O)Nc1ccc(OC(F)F)c(F)c1)c1ccc(Cl)cc1. The van der Waals surface area contributed by atoms with Crippen molar-refractivity contribution in [3.05, 3.63) is 58.9 Å². The molecular weight excluding hydrogens is 345 g/mol. The minimum absolute atomic E-state index is 0.106. The normalized spacial score (nSPS) is 11.9. The minimum Gasteiger partial charge on any atom is -0.432 e. The molecule has 0 heterocycles. The first-order valence-corrected chi connectivity index (χ1v) is 7.30. The van der Waals surface area contributed by atoms with Gasteiger partial charge >= 0.3 is 12.6 Å². The molecule has 0 aliphatic heterocycles. The van der Waals surface area contributed by atoms with Crippen LogP contribution in [0.25, 0.3) is 0 Å². The summed E-state index contributed by atoms with van der Waals surface area (Å²) in [6.07, 6.45) is 0. The van der Waals surface area contributed by atoms with Crippen molar-refractivity contribution < 1.29 is 22.7 Å². The number of alkyl halides is 2. The lowest BCUT2D eigenvalue weighted by Crippen LogP contribution is -2.31. The Kier molecular flexibility index (Phi) is 5.92. The Labute approximate surface area is 141 Å². The molecule has 2 amide bonds. The van der Waals surface area contributed by atoms with Crippen molar-refractivity contribution in [3.63, 3.8) is 0 Å². The number of carbonyl (C=O) groups is 1. The largest absolute Gasteiger partial charge is 0.432 e. The van der Waals surface area contributed by atoms with Gasteiger partial charge in [0.2, 0.25) is 0 Å². The molecule has 0 aliphatic carbocycles. The highest BCUT2D eigenvalue weighted by Gasteiger charge is 2.13. The zero-order valence-corrected chi connectivity index (χ0v) is 13.3. The molecular formula is C16H14ClF3N2O2. The number of carbonyl (C=O) groups excluding carboxylic acids is 1. The molecule has 0 bridgehead atoms. The standard InChI is InChI=1S/C16H14ClF3N2O2/c1-9(10-2-4-11(17)5-3-10)21-16(23)22-12-6-7-14(13(18)8-12)24-15(19)20/h2-9,15H,1H3,(H2,21,22,23). The van der Waals surface area contributed by atoms with E-state index in [0.29, 0.717) is 5.02 Å². The van der Waals surface area contributed by atoms with Crippen LogP contribution in [0.2, 0.25) is 5.02 Å². The summed E-state index contributed by atoms with van der Waals surface area (Å²) in [7, 11) is 0. The van der Waals surface area contributed by atoms with E-state index in [4.69, 9.17) is 11.6 Å². The van der Waals surface area contributed by atoms with Gasteiger partial charge in [-0.3, -0.25) is 0 Å². The van der Waals surface area contributed by atoms with Gasteiger partial charge in [-0.15, -0.1) is 0 Å². The summed E-state index contributed by atoms with van der Waals surface area (Å²) in [5, 5.41) is 5.66. The monoisotopic (exact) mass is 358 g/mol. The quantitative estimate of drug-likeness (QED) is 0.793. The maximum Gasteiger partial charge on any atom is 0.387 e. The second-order valence-corrected chi connectivity index (χ2v) is 5.33. The number of hydrogen-bond acceptors (Lipinski definition) is 2. The van der Waals surface area contributed by atoms with E-state index in [1.54, 1.807) is 31.2 Å². The van der Waals surface area contributed by atoms with Crippen molar-refractivity contribution in [2.24, 2.45) is 0 Å². The zero-order valence-electron chi connectivity index (χ0n) is 12.5. The topological polar surface area (TPSA) is 50.4 Å². The van der Waals surface area contributed by atoms with E-state index in [0.717, 1.165) is 17.7 Å². The Bertz CT molecular complexity index is 711. The molecule has 0 saturated carbocycles. The van der Waals surface area contributed by atoms with Crippen LogP contribution < -0.4 is 15.4 Å². The summed E-state index contributed by atoms with van der Waals surface area (Å²) in [5.74, 6) is -1.59. The Morgan fingerprint density at radius 2 is 1.83 bits per heavy atom. The first-order chi connectivity index (χ1) is 11.3. The summed E-state index contributed by atoms with van der Waals surface area (Å²) in [6.45, 7) is -1.36. The number of ether oxygens (including phenoxy) is 1. The summed E-state index contributed by atoms with van der Waals surface area (Å²) in [6, 6.07) is 9.21. The van der Waals surface area contributed by atoms with Crippen LogP contribution in [-0.2, 0) is 0 Å². The van der Waals surface area contributed by atoms with Gasteiger partial charge in [0.25, 0.3) is 0 Å². The molecule has 2 aromatic rings. The van der Waals surface area contributed by atoms with Gasteiger partial charge in [-0.25, -0.2) is 9.18 Å². The van der Waals surface area contributed by atoms with Crippen molar-refractivity contribution in [3.8, 4) is 5.75 Å². The molecule has 24 heavy (non-hydrogen) atoms. The summed E-state index contributed by atoms with van der Waals surface area (Å²) >= 11 is 5.80. The second-order valence-electron chi connectivity index (χ2n) is 4.90. The van der Waals surface area contributed by atoms with Crippen molar-refractivity contribution in [2.75, 3.05) is 5.32 Å². The fourth-order valence-electron chi connectivity index (χ4n) is 1.97. The average molecular weight is 359 g/mol. The van der Waals surface area contributed by atoms with Crippen LogP contribution in [-0.4, -0.2) is 12.6 Å². The number of nitrogens with one attached hydrogen (secondary N) is 2. The number of halogens is 4. The third kappa shape index (κ3) is 5.06. The molecule has 0 fully saturated rings. The highest BCUT2D eigenvalue weighted by molar-refractivity contribution is 6.30. The highest BCUT2D eigenvalue weighted by atomic mass is 35.5. The molecule has 4 nitrogen and oxygen atoms in total. The maximum absolute atomic E-state index is 13.6.